The molecule has 0 saturated heterocycles. The summed E-state index contributed by atoms with van der Waals surface area (Å²) in [5, 5.41) is 14.8. The maximum Gasteiger partial charge on any atom is 0.239 e. The number of benzene rings is 1. The normalized spacial score (nSPS) is 9.47. The van der Waals surface area contributed by atoms with Crippen molar-refractivity contribution in [2.45, 2.75) is 6.42 Å². The Morgan fingerprint density at radius 3 is 2.82 bits per heavy atom. The smallest absolute Gasteiger partial charge is 0.239 e. The topological polar surface area (TPSA) is 64.9 Å². The molecule has 0 aliphatic heterocycles. The molecule has 0 heterocycles. The van der Waals surface area contributed by atoms with E-state index >= 15 is 0 Å². The van der Waals surface area contributed by atoms with Gasteiger partial charge in [-0.15, -0.1) is 0 Å². The third-order valence-corrected chi connectivity index (χ3v) is 2.48. The molecular weight excluding hydrogens is 261 g/mol. The van der Waals surface area contributed by atoms with Crippen LogP contribution < -0.4 is 10.6 Å². The summed E-state index contributed by atoms with van der Waals surface area (Å²) in [7, 11) is 0. The first kappa shape index (κ1) is 13.6. The van der Waals surface area contributed by atoms with Gasteiger partial charge in [0.25, 0.3) is 0 Å². The van der Waals surface area contributed by atoms with Gasteiger partial charge in [0.15, 0.2) is 0 Å². The molecule has 0 fully saturated rings. The largest absolute Gasteiger partial charge is 0.375 e. The lowest BCUT2D eigenvalue weighted by molar-refractivity contribution is -0.119. The van der Waals surface area contributed by atoms with Crippen molar-refractivity contribution in [1.82, 2.24) is 5.32 Å². The number of anilines is 1. The molecule has 6 heteroatoms. The van der Waals surface area contributed by atoms with E-state index in [1.165, 1.54) is 0 Å². The Morgan fingerprint density at radius 2 is 2.18 bits per heavy atom. The molecule has 4 nitrogen and oxygen atoms in total. The van der Waals surface area contributed by atoms with Gasteiger partial charge in [-0.05, 0) is 18.2 Å². The molecule has 1 aromatic carbocycles. The summed E-state index contributed by atoms with van der Waals surface area (Å²) >= 11 is 11.7. The SMILES string of the molecule is N#CCCNC(=O)CNc1ccc(Cl)cc1Cl. The number of carbonyl (C=O) groups excluding carboxylic acids is 1. The van der Waals surface area contributed by atoms with E-state index in [0.717, 1.165) is 0 Å². The fraction of sp³-hybridized carbons (Fsp3) is 0.273. The molecule has 1 aromatic rings. The molecule has 0 spiro atoms. The van der Waals surface area contributed by atoms with Crippen LogP contribution in [-0.2, 0) is 4.79 Å². The number of hydrogen-bond donors (Lipinski definition) is 2. The van der Waals surface area contributed by atoms with Crippen molar-refractivity contribution in [2.75, 3.05) is 18.4 Å². The highest BCUT2D eigenvalue weighted by Gasteiger charge is 2.03. The van der Waals surface area contributed by atoms with Gasteiger partial charge in [0.1, 0.15) is 0 Å². The van der Waals surface area contributed by atoms with Crippen molar-refractivity contribution in [3.8, 4) is 6.07 Å². The number of halogens is 2. The Labute approximate surface area is 110 Å². The van der Waals surface area contributed by atoms with E-state index < -0.39 is 0 Å². The Balaban J connectivity index is 2.40. The maximum atomic E-state index is 11.3. The van der Waals surface area contributed by atoms with Crippen LogP contribution in [0.1, 0.15) is 6.42 Å². The molecule has 90 valence electrons. The molecule has 0 atom stereocenters. The van der Waals surface area contributed by atoms with Crippen LogP contribution in [0, 0.1) is 11.3 Å². The first-order valence-electron chi connectivity index (χ1n) is 4.96. The lowest BCUT2D eigenvalue weighted by Gasteiger charge is -2.08. The van der Waals surface area contributed by atoms with Crippen LogP contribution >= 0.6 is 23.2 Å². The molecule has 0 aliphatic carbocycles. The van der Waals surface area contributed by atoms with Gasteiger partial charge in [0.2, 0.25) is 5.91 Å². The second-order valence-corrected chi connectivity index (χ2v) is 4.08. The number of amides is 1. The summed E-state index contributed by atoms with van der Waals surface area (Å²) < 4.78 is 0. The second kappa shape index (κ2) is 7.00. The molecule has 17 heavy (non-hydrogen) atoms. The van der Waals surface area contributed by atoms with Gasteiger partial charge in [0.05, 0.1) is 29.7 Å². The van der Waals surface area contributed by atoms with Crippen molar-refractivity contribution >= 4 is 34.8 Å². The van der Waals surface area contributed by atoms with Crippen molar-refractivity contribution in [3.05, 3.63) is 28.2 Å². The molecule has 0 saturated carbocycles. The third-order valence-electron chi connectivity index (χ3n) is 1.93. The van der Waals surface area contributed by atoms with Crippen molar-refractivity contribution in [3.63, 3.8) is 0 Å². The molecular formula is C11H11Cl2N3O. The van der Waals surface area contributed by atoms with Gasteiger partial charge < -0.3 is 10.6 Å². The van der Waals surface area contributed by atoms with Crippen LogP contribution in [0.3, 0.4) is 0 Å². The van der Waals surface area contributed by atoms with Crippen LogP contribution in [0.2, 0.25) is 10.0 Å². The van der Waals surface area contributed by atoms with Crippen LogP contribution in [0.4, 0.5) is 5.69 Å². The summed E-state index contributed by atoms with van der Waals surface area (Å²) in [4.78, 5) is 11.3. The summed E-state index contributed by atoms with van der Waals surface area (Å²) in [6, 6.07) is 6.92. The molecule has 1 amide bonds. The molecule has 1 rings (SSSR count). The number of hydrogen-bond acceptors (Lipinski definition) is 3. The number of nitriles is 1. The van der Waals surface area contributed by atoms with Crippen molar-refractivity contribution in [1.29, 1.82) is 5.26 Å². The molecule has 2 N–H and O–H groups in total. The monoisotopic (exact) mass is 271 g/mol. The van der Waals surface area contributed by atoms with Gasteiger partial charge in [0, 0.05) is 11.6 Å². The van der Waals surface area contributed by atoms with Crippen molar-refractivity contribution in [2.24, 2.45) is 0 Å². The first-order valence-corrected chi connectivity index (χ1v) is 5.71. The highest BCUT2D eigenvalue weighted by molar-refractivity contribution is 6.36. The van der Waals surface area contributed by atoms with Crippen LogP contribution in [-0.4, -0.2) is 19.0 Å². The quantitative estimate of drug-likeness (QED) is 0.809. The lowest BCUT2D eigenvalue weighted by Crippen LogP contribution is -2.30. The number of rotatable bonds is 5. The van der Waals surface area contributed by atoms with E-state index in [9.17, 15) is 4.79 Å². The van der Waals surface area contributed by atoms with E-state index in [2.05, 4.69) is 10.6 Å². The van der Waals surface area contributed by atoms with Gasteiger partial charge in [-0.1, -0.05) is 23.2 Å². The Bertz CT molecular complexity index is 443. The molecule has 0 unspecified atom stereocenters. The zero-order chi connectivity index (χ0) is 12.7. The Kier molecular flexibility index (Phi) is 5.61. The Hall–Kier alpha value is -1.44. The van der Waals surface area contributed by atoms with Gasteiger partial charge in [-0.2, -0.15) is 5.26 Å². The molecule has 0 radical (unpaired) electrons. The average molecular weight is 272 g/mol. The predicted octanol–water partition coefficient (Wildman–Crippen LogP) is 2.44. The summed E-state index contributed by atoms with van der Waals surface area (Å²) in [5.74, 6) is -0.189. The van der Waals surface area contributed by atoms with E-state index in [0.29, 0.717) is 28.7 Å². The van der Waals surface area contributed by atoms with Gasteiger partial charge in [-0.25, -0.2) is 0 Å². The minimum absolute atomic E-state index is 0.104. The number of nitrogens with zero attached hydrogens (tertiary/aromatic N) is 1. The highest BCUT2D eigenvalue weighted by atomic mass is 35.5. The predicted molar refractivity (Wildman–Crippen MR) is 68.2 cm³/mol. The van der Waals surface area contributed by atoms with E-state index in [-0.39, 0.29) is 12.5 Å². The molecule has 0 aliphatic rings. The van der Waals surface area contributed by atoms with E-state index in [1.54, 1.807) is 18.2 Å². The summed E-state index contributed by atoms with van der Waals surface area (Å²) in [5.41, 5.74) is 0.645. The van der Waals surface area contributed by atoms with Crippen molar-refractivity contribution < 1.29 is 4.79 Å². The minimum atomic E-state index is -0.189. The third kappa shape index (κ3) is 4.94. The number of carbonyl (C=O) groups is 1. The fourth-order valence-electron chi connectivity index (χ4n) is 1.13. The number of nitrogens with one attached hydrogen (secondary N) is 2. The molecule has 0 aromatic heterocycles. The van der Waals surface area contributed by atoms with Crippen LogP contribution in [0.15, 0.2) is 18.2 Å². The summed E-state index contributed by atoms with van der Waals surface area (Å²) in [6.07, 6.45) is 0.299. The summed E-state index contributed by atoms with van der Waals surface area (Å²) in [6.45, 7) is 0.456. The standard InChI is InChI=1S/C11H11Cl2N3O/c12-8-2-3-10(9(13)6-8)16-7-11(17)15-5-1-4-14/h2-3,6,16H,1,5,7H2,(H,15,17). The van der Waals surface area contributed by atoms with E-state index in [4.69, 9.17) is 28.5 Å². The highest BCUT2D eigenvalue weighted by Crippen LogP contribution is 2.24. The van der Waals surface area contributed by atoms with Crippen LogP contribution in [0.5, 0.6) is 0 Å². The minimum Gasteiger partial charge on any atom is -0.375 e. The lowest BCUT2D eigenvalue weighted by atomic mass is 10.3. The van der Waals surface area contributed by atoms with E-state index in [1.807, 2.05) is 6.07 Å². The zero-order valence-electron chi connectivity index (χ0n) is 8.96. The van der Waals surface area contributed by atoms with Gasteiger partial charge in [-0.3, -0.25) is 4.79 Å². The Morgan fingerprint density at radius 1 is 1.41 bits per heavy atom. The van der Waals surface area contributed by atoms with Gasteiger partial charge >= 0.3 is 0 Å². The zero-order valence-corrected chi connectivity index (χ0v) is 10.5. The maximum absolute atomic E-state index is 11.3. The first-order chi connectivity index (χ1) is 8.13. The fourth-order valence-corrected chi connectivity index (χ4v) is 1.60. The molecule has 0 bridgehead atoms. The average Bonchev–Trinajstić information content (AvgIpc) is 2.28. The second-order valence-electron chi connectivity index (χ2n) is 3.24. The van der Waals surface area contributed by atoms with Crippen LogP contribution in [0.25, 0.3) is 0 Å².